The summed E-state index contributed by atoms with van der Waals surface area (Å²) in [6.45, 7) is 3.99. The Balaban J connectivity index is 1.60. The summed E-state index contributed by atoms with van der Waals surface area (Å²) in [5, 5.41) is 6.52. The topological polar surface area (TPSA) is 112 Å². The average molecular weight is 442 g/mol. The molecule has 3 heterocycles. The highest BCUT2D eigenvalue weighted by molar-refractivity contribution is 7.20. The number of hydrogen-bond donors (Lipinski definition) is 2. The van der Waals surface area contributed by atoms with Crippen molar-refractivity contribution in [2.24, 2.45) is 0 Å². The number of rotatable bonds is 6. The van der Waals surface area contributed by atoms with Crippen LogP contribution < -0.4 is 20.1 Å². The number of thiophene rings is 1. The van der Waals surface area contributed by atoms with Gasteiger partial charge >= 0.3 is 0 Å². The second-order valence-electron chi connectivity index (χ2n) is 7.11. The second-order valence-corrected chi connectivity index (χ2v) is 8.11. The molecule has 0 saturated heterocycles. The van der Waals surface area contributed by atoms with Crippen LogP contribution in [0, 0.1) is 6.92 Å². The Kier molecular flexibility index (Phi) is 5.75. The van der Waals surface area contributed by atoms with E-state index in [9.17, 15) is 9.59 Å². The zero-order chi connectivity index (χ0) is 22.1. The van der Waals surface area contributed by atoms with Gasteiger partial charge in [-0.15, -0.1) is 11.3 Å². The van der Waals surface area contributed by atoms with Gasteiger partial charge in [0.15, 0.2) is 12.4 Å². The number of carbonyl (C=O) groups is 2. The number of nitrogens with zero attached hydrogens (tertiary/aromatic N) is 2. The number of aryl methyl sites for hydroxylation is 1. The fourth-order valence-electron chi connectivity index (χ4n) is 3.42. The Morgan fingerprint density at radius 1 is 1.35 bits per heavy atom. The third-order valence-corrected chi connectivity index (χ3v) is 6.14. The van der Waals surface area contributed by atoms with Crippen LogP contribution in [0.1, 0.15) is 39.6 Å². The first kappa shape index (κ1) is 21.0. The number of anilines is 1. The molecule has 9 nitrogen and oxygen atoms in total. The van der Waals surface area contributed by atoms with Gasteiger partial charge in [-0.1, -0.05) is 6.07 Å². The van der Waals surface area contributed by atoms with Crippen molar-refractivity contribution in [3.8, 4) is 11.6 Å². The molecule has 10 heteroatoms. The van der Waals surface area contributed by atoms with Crippen molar-refractivity contribution in [3.05, 3.63) is 40.0 Å². The number of ether oxygens (including phenoxy) is 3. The minimum Gasteiger partial charge on any atom is -0.482 e. The molecule has 0 bridgehead atoms. The molecule has 0 aliphatic carbocycles. The SMILES string of the molecule is COCc1nc(OC)c2c(C)c(C(=O)NC(C)c3ccc4c(c3)NC(=O)CO4)sc2n1. The lowest BCUT2D eigenvalue weighted by Gasteiger charge is -2.21. The molecule has 31 heavy (non-hydrogen) atoms. The highest BCUT2D eigenvalue weighted by atomic mass is 32.1. The molecule has 3 aromatic rings. The Hall–Kier alpha value is -3.24. The number of carbonyl (C=O) groups excluding carboxylic acids is 2. The predicted octanol–water partition coefficient (Wildman–Crippen LogP) is 2.98. The zero-order valence-electron chi connectivity index (χ0n) is 17.6. The third kappa shape index (κ3) is 4.04. The van der Waals surface area contributed by atoms with Crippen LogP contribution in [0.5, 0.6) is 11.6 Å². The molecule has 4 rings (SSSR count). The van der Waals surface area contributed by atoms with Gasteiger partial charge in [0.05, 0.1) is 29.1 Å². The maximum absolute atomic E-state index is 13.1. The van der Waals surface area contributed by atoms with Gasteiger partial charge in [0.1, 0.15) is 17.2 Å². The van der Waals surface area contributed by atoms with Gasteiger partial charge in [-0.05, 0) is 37.1 Å². The number of fused-ring (bicyclic) bond motifs is 2. The van der Waals surface area contributed by atoms with Gasteiger partial charge < -0.3 is 24.8 Å². The Morgan fingerprint density at radius 2 is 2.16 bits per heavy atom. The molecule has 1 aliphatic heterocycles. The Bertz CT molecular complexity index is 1180. The monoisotopic (exact) mass is 442 g/mol. The summed E-state index contributed by atoms with van der Waals surface area (Å²) >= 11 is 1.29. The lowest BCUT2D eigenvalue weighted by Crippen LogP contribution is -2.28. The summed E-state index contributed by atoms with van der Waals surface area (Å²) in [4.78, 5) is 34.7. The largest absolute Gasteiger partial charge is 0.482 e. The van der Waals surface area contributed by atoms with Gasteiger partial charge in [-0.25, -0.2) is 4.98 Å². The van der Waals surface area contributed by atoms with Crippen LogP contribution in [-0.4, -0.2) is 42.6 Å². The van der Waals surface area contributed by atoms with E-state index in [4.69, 9.17) is 14.2 Å². The molecule has 1 aromatic carbocycles. The van der Waals surface area contributed by atoms with Crippen LogP contribution in [0.2, 0.25) is 0 Å². The maximum Gasteiger partial charge on any atom is 0.262 e. The van der Waals surface area contributed by atoms with Crippen molar-refractivity contribution in [1.82, 2.24) is 15.3 Å². The van der Waals surface area contributed by atoms with E-state index in [-0.39, 0.29) is 31.1 Å². The predicted molar refractivity (Wildman–Crippen MR) is 116 cm³/mol. The van der Waals surface area contributed by atoms with Gasteiger partial charge in [-0.3, -0.25) is 9.59 Å². The highest BCUT2D eigenvalue weighted by Crippen LogP contribution is 2.36. The van der Waals surface area contributed by atoms with E-state index in [2.05, 4.69) is 20.6 Å². The number of methoxy groups -OCH3 is 2. The first-order valence-electron chi connectivity index (χ1n) is 9.61. The van der Waals surface area contributed by atoms with Crippen molar-refractivity contribution >= 4 is 39.1 Å². The average Bonchev–Trinajstić information content (AvgIpc) is 3.09. The van der Waals surface area contributed by atoms with Crippen LogP contribution in [-0.2, 0) is 16.1 Å². The Labute approximate surface area is 182 Å². The number of amides is 2. The molecule has 2 amide bonds. The normalized spacial score (nSPS) is 13.9. The zero-order valence-corrected chi connectivity index (χ0v) is 18.4. The first-order valence-corrected chi connectivity index (χ1v) is 10.4. The summed E-state index contributed by atoms with van der Waals surface area (Å²) in [6, 6.07) is 5.17. The first-order chi connectivity index (χ1) is 14.9. The van der Waals surface area contributed by atoms with E-state index in [0.717, 1.165) is 16.5 Å². The summed E-state index contributed by atoms with van der Waals surface area (Å²) in [6.07, 6.45) is 0. The van der Waals surface area contributed by atoms with Gasteiger partial charge in [-0.2, -0.15) is 4.98 Å². The highest BCUT2D eigenvalue weighted by Gasteiger charge is 2.23. The molecule has 0 saturated carbocycles. The van der Waals surface area contributed by atoms with E-state index >= 15 is 0 Å². The van der Waals surface area contributed by atoms with E-state index in [1.54, 1.807) is 19.2 Å². The van der Waals surface area contributed by atoms with Crippen molar-refractivity contribution in [1.29, 1.82) is 0 Å². The molecule has 0 spiro atoms. The van der Waals surface area contributed by atoms with Gasteiger partial charge in [0, 0.05) is 7.11 Å². The van der Waals surface area contributed by atoms with Crippen LogP contribution in [0.25, 0.3) is 10.2 Å². The fraction of sp³-hybridized carbons (Fsp3) is 0.333. The lowest BCUT2D eigenvalue weighted by molar-refractivity contribution is -0.118. The van der Waals surface area contributed by atoms with Gasteiger partial charge in [0.2, 0.25) is 5.88 Å². The molecule has 1 atom stereocenters. The lowest BCUT2D eigenvalue weighted by atomic mass is 10.1. The molecule has 0 fully saturated rings. The van der Waals surface area contributed by atoms with Crippen LogP contribution in [0.4, 0.5) is 5.69 Å². The molecule has 1 unspecified atom stereocenters. The van der Waals surface area contributed by atoms with Crippen LogP contribution in [0.15, 0.2) is 18.2 Å². The molecular weight excluding hydrogens is 420 g/mol. The Morgan fingerprint density at radius 3 is 2.90 bits per heavy atom. The van der Waals surface area contributed by atoms with Crippen molar-refractivity contribution in [3.63, 3.8) is 0 Å². The van der Waals surface area contributed by atoms with Crippen LogP contribution in [0.3, 0.4) is 0 Å². The maximum atomic E-state index is 13.1. The number of hydrogen-bond acceptors (Lipinski definition) is 8. The second kappa shape index (κ2) is 8.48. The smallest absolute Gasteiger partial charge is 0.262 e. The van der Waals surface area contributed by atoms with Crippen LogP contribution >= 0.6 is 11.3 Å². The fourth-order valence-corrected chi connectivity index (χ4v) is 4.51. The molecule has 162 valence electrons. The number of nitrogens with one attached hydrogen (secondary N) is 2. The number of aromatic nitrogens is 2. The quantitative estimate of drug-likeness (QED) is 0.604. The van der Waals surface area contributed by atoms with Gasteiger partial charge in [0.25, 0.3) is 11.8 Å². The number of benzene rings is 1. The van der Waals surface area contributed by atoms with Crippen molar-refractivity contribution in [2.75, 3.05) is 26.1 Å². The molecule has 2 N–H and O–H groups in total. The van der Waals surface area contributed by atoms with E-state index < -0.39 is 0 Å². The van der Waals surface area contributed by atoms with E-state index in [1.165, 1.54) is 18.4 Å². The van der Waals surface area contributed by atoms with Crippen molar-refractivity contribution in [2.45, 2.75) is 26.5 Å². The minimum absolute atomic E-state index is 0.00228. The summed E-state index contributed by atoms with van der Waals surface area (Å²) in [5.74, 6) is 1.10. The standard InChI is InChI=1S/C21H22N4O5S/c1-10-17-20(29-4)24-15(8-28-3)25-21(17)31-18(10)19(27)22-11(2)12-5-6-14-13(7-12)23-16(26)9-30-14/h5-7,11H,8-9H2,1-4H3,(H,22,27)(H,23,26). The molecule has 1 aliphatic rings. The summed E-state index contributed by atoms with van der Waals surface area (Å²) in [5.41, 5.74) is 2.20. The molecule has 0 radical (unpaired) electrons. The minimum atomic E-state index is -0.293. The van der Waals surface area contributed by atoms with E-state index in [1.807, 2.05) is 19.9 Å². The third-order valence-electron chi connectivity index (χ3n) is 4.96. The summed E-state index contributed by atoms with van der Waals surface area (Å²) < 4.78 is 15.9. The molecular formula is C21H22N4O5S. The molecule has 2 aromatic heterocycles. The summed E-state index contributed by atoms with van der Waals surface area (Å²) in [7, 11) is 3.11. The van der Waals surface area contributed by atoms with E-state index in [0.29, 0.717) is 32.8 Å². The van der Waals surface area contributed by atoms with Crippen molar-refractivity contribution < 1.29 is 23.8 Å².